The van der Waals surface area contributed by atoms with Gasteiger partial charge in [0.2, 0.25) is 15.9 Å². The van der Waals surface area contributed by atoms with E-state index < -0.39 is 10.0 Å². The number of ether oxygens (including phenoxy) is 1. The third-order valence-corrected chi connectivity index (χ3v) is 7.29. The summed E-state index contributed by atoms with van der Waals surface area (Å²) in [7, 11) is -3.55. The number of amides is 1. The van der Waals surface area contributed by atoms with Crippen LogP contribution in [0.2, 0.25) is 0 Å². The van der Waals surface area contributed by atoms with Gasteiger partial charge in [-0.15, -0.1) is 0 Å². The van der Waals surface area contributed by atoms with Crippen LogP contribution in [-0.2, 0) is 21.4 Å². The zero-order valence-corrected chi connectivity index (χ0v) is 19.5. The van der Waals surface area contributed by atoms with Gasteiger partial charge in [0.05, 0.1) is 18.8 Å². The van der Waals surface area contributed by atoms with Crippen LogP contribution in [0.4, 0.5) is 0 Å². The molecule has 168 valence electrons. The molecule has 0 fully saturated rings. The van der Waals surface area contributed by atoms with Crippen molar-refractivity contribution in [1.82, 2.24) is 9.62 Å². The molecule has 0 spiro atoms. The van der Waals surface area contributed by atoms with E-state index in [0.29, 0.717) is 6.42 Å². The van der Waals surface area contributed by atoms with Crippen LogP contribution in [0.15, 0.2) is 48.5 Å². The largest absolute Gasteiger partial charge is 0.487 e. The van der Waals surface area contributed by atoms with Gasteiger partial charge >= 0.3 is 0 Å². The molecule has 0 aliphatic carbocycles. The molecule has 1 aliphatic heterocycles. The molecule has 0 radical (unpaired) electrons. The summed E-state index contributed by atoms with van der Waals surface area (Å²) in [5.41, 5.74) is 2.53. The minimum absolute atomic E-state index is 0.157. The Hall–Kier alpha value is -2.38. The highest BCUT2D eigenvalue weighted by Crippen LogP contribution is 2.42. The number of nitrogens with zero attached hydrogens (tertiary/aromatic N) is 1. The number of hydrogen-bond acceptors (Lipinski definition) is 4. The number of sulfonamides is 1. The SMILES string of the molecule is CCC1(CC)CC(NC(=O)CN(Cc2ccc(C)cc2)S(C)(=O)=O)c2ccccc2O1. The maximum Gasteiger partial charge on any atom is 0.235 e. The lowest BCUT2D eigenvalue weighted by atomic mass is 9.83. The number of carbonyl (C=O) groups excluding carboxylic acids is 1. The Labute approximate surface area is 185 Å². The fourth-order valence-electron chi connectivity index (χ4n) is 4.02. The number of para-hydroxylation sites is 1. The summed E-state index contributed by atoms with van der Waals surface area (Å²) in [4.78, 5) is 13.0. The summed E-state index contributed by atoms with van der Waals surface area (Å²) in [5.74, 6) is 0.461. The van der Waals surface area contributed by atoms with Crippen molar-refractivity contribution < 1.29 is 17.9 Å². The van der Waals surface area contributed by atoms with Crippen molar-refractivity contribution in [2.45, 2.75) is 58.2 Å². The van der Waals surface area contributed by atoms with Gasteiger partial charge in [0, 0.05) is 18.5 Å². The van der Waals surface area contributed by atoms with Crippen LogP contribution in [0, 0.1) is 6.92 Å². The van der Waals surface area contributed by atoms with E-state index in [4.69, 9.17) is 4.74 Å². The van der Waals surface area contributed by atoms with Crippen molar-refractivity contribution in [3.8, 4) is 5.75 Å². The van der Waals surface area contributed by atoms with E-state index in [0.717, 1.165) is 41.5 Å². The fourth-order valence-corrected chi connectivity index (χ4v) is 4.75. The number of carbonyl (C=O) groups is 1. The van der Waals surface area contributed by atoms with Gasteiger partial charge in [0.15, 0.2) is 0 Å². The molecule has 1 N–H and O–H groups in total. The van der Waals surface area contributed by atoms with Crippen LogP contribution >= 0.6 is 0 Å². The summed E-state index contributed by atoms with van der Waals surface area (Å²) in [6, 6.07) is 15.1. The second-order valence-electron chi connectivity index (χ2n) is 8.37. The van der Waals surface area contributed by atoms with Crippen LogP contribution in [0.3, 0.4) is 0 Å². The van der Waals surface area contributed by atoms with Crippen LogP contribution in [0.25, 0.3) is 0 Å². The molecule has 0 saturated heterocycles. The Morgan fingerprint density at radius 1 is 1.13 bits per heavy atom. The molecule has 1 amide bonds. The van der Waals surface area contributed by atoms with Gasteiger partial charge < -0.3 is 10.1 Å². The number of fused-ring (bicyclic) bond motifs is 1. The third-order valence-electron chi connectivity index (χ3n) is 6.09. The third kappa shape index (κ3) is 5.66. The molecule has 1 unspecified atom stereocenters. The molecule has 6 nitrogen and oxygen atoms in total. The molecule has 1 heterocycles. The lowest BCUT2D eigenvalue weighted by molar-refractivity contribution is -0.122. The minimum atomic E-state index is -3.55. The minimum Gasteiger partial charge on any atom is -0.487 e. The molecule has 2 aromatic carbocycles. The zero-order chi connectivity index (χ0) is 22.6. The van der Waals surface area contributed by atoms with Gasteiger partial charge in [-0.1, -0.05) is 61.9 Å². The standard InChI is InChI=1S/C24H32N2O4S/c1-5-24(6-2)15-21(20-9-7-8-10-22(20)30-24)25-23(27)17-26(31(4,28)29)16-19-13-11-18(3)12-14-19/h7-14,21H,5-6,15-17H2,1-4H3,(H,25,27). The molecule has 7 heteroatoms. The average molecular weight is 445 g/mol. The van der Waals surface area contributed by atoms with Gasteiger partial charge in [-0.2, -0.15) is 4.31 Å². The molecule has 3 rings (SSSR count). The first kappa shape index (κ1) is 23.3. The monoisotopic (exact) mass is 444 g/mol. The lowest BCUT2D eigenvalue weighted by Crippen LogP contribution is -2.47. The van der Waals surface area contributed by atoms with E-state index in [2.05, 4.69) is 19.2 Å². The Kier molecular flexibility index (Phi) is 7.06. The average Bonchev–Trinajstić information content (AvgIpc) is 2.74. The predicted molar refractivity (Wildman–Crippen MR) is 122 cm³/mol. The van der Waals surface area contributed by atoms with E-state index in [1.54, 1.807) is 0 Å². The molecular weight excluding hydrogens is 412 g/mol. The number of hydrogen-bond donors (Lipinski definition) is 1. The predicted octanol–water partition coefficient (Wildman–Crippen LogP) is 3.96. The maximum absolute atomic E-state index is 13.0. The molecule has 1 atom stereocenters. The number of nitrogens with one attached hydrogen (secondary N) is 1. The van der Waals surface area contributed by atoms with Gasteiger partial charge in [-0.05, 0) is 31.4 Å². The first-order valence-electron chi connectivity index (χ1n) is 10.7. The highest BCUT2D eigenvalue weighted by atomic mass is 32.2. The maximum atomic E-state index is 13.0. The van der Waals surface area contributed by atoms with Gasteiger partial charge in [0.25, 0.3) is 0 Å². The van der Waals surface area contributed by atoms with Gasteiger partial charge in [-0.25, -0.2) is 8.42 Å². The Morgan fingerprint density at radius 3 is 2.39 bits per heavy atom. The van der Waals surface area contributed by atoms with Crippen molar-refractivity contribution in [3.05, 3.63) is 65.2 Å². The molecule has 0 aromatic heterocycles. The first-order chi connectivity index (χ1) is 14.7. The van der Waals surface area contributed by atoms with Crippen molar-refractivity contribution >= 4 is 15.9 Å². The molecular formula is C24H32N2O4S. The molecule has 0 bridgehead atoms. The van der Waals surface area contributed by atoms with Crippen molar-refractivity contribution in [1.29, 1.82) is 0 Å². The zero-order valence-electron chi connectivity index (χ0n) is 18.7. The summed E-state index contributed by atoms with van der Waals surface area (Å²) in [6.07, 6.45) is 3.44. The van der Waals surface area contributed by atoms with Crippen LogP contribution < -0.4 is 10.1 Å². The normalized spacial score (nSPS) is 17.6. The topological polar surface area (TPSA) is 75.7 Å². The second kappa shape index (κ2) is 9.40. The Bertz CT molecular complexity index is 1010. The van der Waals surface area contributed by atoms with E-state index in [1.165, 1.54) is 4.31 Å². The highest BCUT2D eigenvalue weighted by Gasteiger charge is 2.39. The highest BCUT2D eigenvalue weighted by molar-refractivity contribution is 7.88. The summed E-state index contributed by atoms with van der Waals surface area (Å²) in [6.45, 7) is 6.08. The van der Waals surface area contributed by atoms with Gasteiger partial charge in [-0.3, -0.25) is 4.79 Å². The van der Waals surface area contributed by atoms with E-state index in [1.807, 2.05) is 55.5 Å². The van der Waals surface area contributed by atoms with E-state index in [-0.39, 0.29) is 30.6 Å². The lowest BCUT2D eigenvalue weighted by Gasteiger charge is -2.41. The summed E-state index contributed by atoms with van der Waals surface area (Å²) >= 11 is 0. The van der Waals surface area contributed by atoms with Crippen LogP contribution in [0.1, 0.15) is 55.8 Å². The summed E-state index contributed by atoms with van der Waals surface area (Å²) < 4.78 is 32.2. The Balaban J connectivity index is 1.77. The number of rotatable bonds is 8. The van der Waals surface area contributed by atoms with Gasteiger partial charge in [0.1, 0.15) is 11.4 Å². The quantitative estimate of drug-likeness (QED) is 0.669. The van der Waals surface area contributed by atoms with Crippen molar-refractivity contribution in [2.75, 3.05) is 12.8 Å². The van der Waals surface area contributed by atoms with Crippen LogP contribution in [-0.4, -0.2) is 37.0 Å². The summed E-state index contributed by atoms with van der Waals surface area (Å²) in [5, 5.41) is 3.07. The number of benzene rings is 2. The van der Waals surface area contributed by atoms with E-state index in [9.17, 15) is 13.2 Å². The molecule has 2 aromatic rings. The number of aryl methyl sites for hydroxylation is 1. The molecule has 0 saturated carbocycles. The van der Waals surface area contributed by atoms with Crippen molar-refractivity contribution in [3.63, 3.8) is 0 Å². The molecule has 31 heavy (non-hydrogen) atoms. The first-order valence-corrected chi connectivity index (χ1v) is 12.6. The smallest absolute Gasteiger partial charge is 0.235 e. The molecule has 1 aliphatic rings. The van der Waals surface area contributed by atoms with E-state index >= 15 is 0 Å². The van der Waals surface area contributed by atoms with Crippen LogP contribution in [0.5, 0.6) is 5.75 Å². The fraction of sp³-hybridized carbons (Fsp3) is 0.458. The Morgan fingerprint density at radius 2 is 1.77 bits per heavy atom. The second-order valence-corrected chi connectivity index (χ2v) is 10.4. The van der Waals surface area contributed by atoms with Crippen molar-refractivity contribution in [2.24, 2.45) is 0 Å².